The van der Waals surface area contributed by atoms with Crippen LogP contribution in [-0.4, -0.2) is 14.9 Å². The number of fused-ring (bicyclic) bond motifs is 1. The summed E-state index contributed by atoms with van der Waals surface area (Å²) < 4.78 is 5.69. The van der Waals surface area contributed by atoms with E-state index in [2.05, 4.69) is 9.97 Å². The Morgan fingerprint density at radius 3 is 2.81 bits per heavy atom. The molecule has 6 nitrogen and oxygen atoms in total. The van der Waals surface area contributed by atoms with Gasteiger partial charge >= 0.3 is 5.69 Å². The summed E-state index contributed by atoms with van der Waals surface area (Å²) in [5.41, 5.74) is 0.793. The van der Waals surface area contributed by atoms with Gasteiger partial charge in [-0.3, -0.25) is 10.1 Å². The molecule has 0 fully saturated rings. The quantitative estimate of drug-likeness (QED) is 0.539. The molecule has 0 unspecified atom stereocenters. The van der Waals surface area contributed by atoms with Crippen LogP contribution in [0, 0.1) is 24.0 Å². The van der Waals surface area contributed by atoms with Gasteiger partial charge in [0.25, 0.3) is 0 Å². The van der Waals surface area contributed by atoms with Gasteiger partial charge in [-0.1, -0.05) is 6.07 Å². The van der Waals surface area contributed by atoms with Gasteiger partial charge in [-0.2, -0.15) is 0 Å². The van der Waals surface area contributed by atoms with Crippen molar-refractivity contribution >= 4 is 27.2 Å². The van der Waals surface area contributed by atoms with E-state index in [-0.39, 0.29) is 11.4 Å². The van der Waals surface area contributed by atoms with E-state index < -0.39 is 4.92 Å². The van der Waals surface area contributed by atoms with E-state index >= 15 is 0 Å². The molecule has 0 aliphatic rings. The van der Waals surface area contributed by atoms with E-state index in [0.717, 1.165) is 20.7 Å². The molecule has 0 bridgehead atoms. The fraction of sp³-hybridized carbons (Fsp3) is 0.143. The van der Waals surface area contributed by atoms with Crippen LogP contribution in [-0.2, 0) is 0 Å². The summed E-state index contributed by atoms with van der Waals surface area (Å²) in [7, 11) is 0. The highest BCUT2D eigenvalue weighted by atomic mass is 32.1. The first kappa shape index (κ1) is 13.4. The summed E-state index contributed by atoms with van der Waals surface area (Å²) in [4.78, 5) is 20.8. The van der Waals surface area contributed by atoms with Crippen LogP contribution >= 0.6 is 11.3 Å². The molecule has 21 heavy (non-hydrogen) atoms. The summed E-state index contributed by atoms with van der Waals surface area (Å²) in [6.45, 7) is 3.81. The Balaban J connectivity index is 2.10. The molecule has 0 spiro atoms. The largest absolute Gasteiger partial charge is 0.431 e. The summed E-state index contributed by atoms with van der Waals surface area (Å²) in [5, 5.41) is 11.8. The van der Waals surface area contributed by atoms with Crippen molar-refractivity contribution < 1.29 is 9.66 Å². The van der Waals surface area contributed by atoms with Crippen LogP contribution in [0.3, 0.4) is 0 Å². The van der Waals surface area contributed by atoms with Crippen LogP contribution < -0.4 is 4.74 Å². The van der Waals surface area contributed by atoms with E-state index in [1.54, 1.807) is 12.1 Å². The molecule has 1 aromatic carbocycles. The summed E-state index contributed by atoms with van der Waals surface area (Å²) in [6.07, 6.45) is 1.40. The van der Waals surface area contributed by atoms with Gasteiger partial charge in [-0.25, -0.2) is 9.97 Å². The normalized spacial score (nSPS) is 10.8. The van der Waals surface area contributed by atoms with Gasteiger partial charge in [0, 0.05) is 10.9 Å². The van der Waals surface area contributed by atoms with Crippen molar-refractivity contribution in [2.45, 2.75) is 13.8 Å². The SMILES string of the molecule is Cc1ccc([N+](=O)[O-])c(Oc2ncnc3sc(C)cc23)c1. The van der Waals surface area contributed by atoms with Crippen LogP contribution in [0.25, 0.3) is 10.2 Å². The summed E-state index contributed by atoms with van der Waals surface area (Å²) in [5.74, 6) is 0.516. The average Bonchev–Trinajstić information content (AvgIpc) is 2.80. The number of aromatic nitrogens is 2. The first-order valence-corrected chi connectivity index (χ1v) is 7.00. The van der Waals surface area contributed by atoms with Crippen molar-refractivity contribution in [1.29, 1.82) is 0 Å². The Morgan fingerprint density at radius 2 is 2.05 bits per heavy atom. The van der Waals surface area contributed by atoms with Gasteiger partial charge in [0.2, 0.25) is 11.6 Å². The third-order valence-corrected chi connectivity index (χ3v) is 3.89. The lowest BCUT2D eigenvalue weighted by Gasteiger charge is -2.06. The number of thiophene rings is 1. The molecule has 7 heteroatoms. The minimum absolute atomic E-state index is 0.0840. The van der Waals surface area contributed by atoms with E-state index in [0.29, 0.717) is 5.88 Å². The number of nitro groups is 1. The third-order valence-electron chi connectivity index (χ3n) is 2.93. The van der Waals surface area contributed by atoms with Crippen molar-refractivity contribution in [2.75, 3.05) is 0 Å². The second-order valence-electron chi connectivity index (χ2n) is 4.59. The topological polar surface area (TPSA) is 78.2 Å². The van der Waals surface area contributed by atoms with Crippen LogP contribution in [0.15, 0.2) is 30.6 Å². The lowest BCUT2D eigenvalue weighted by Crippen LogP contribution is -1.95. The minimum Gasteiger partial charge on any atom is -0.431 e. The zero-order valence-electron chi connectivity index (χ0n) is 11.4. The van der Waals surface area contributed by atoms with E-state index in [9.17, 15) is 10.1 Å². The molecule has 0 N–H and O–H groups in total. The molecule has 0 aliphatic heterocycles. The summed E-state index contributed by atoms with van der Waals surface area (Å²) >= 11 is 1.53. The number of hydrogen-bond donors (Lipinski definition) is 0. The first-order valence-electron chi connectivity index (χ1n) is 6.18. The van der Waals surface area contributed by atoms with Crippen molar-refractivity contribution in [3.63, 3.8) is 0 Å². The maximum Gasteiger partial charge on any atom is 0.311 e. The number of ether oxygens (including phenoxy) is 1. The number of nitro benzene ring substituents is 1. The molecule has 0 aliphatic carbocycles. The van der Waals surface area contributed by atoms with Gasteiger partial charge in [0.1, 0.15) is 11.2 Å². The van der Waals surface area contributed by atoms with Crippen LogP contribution in [0.5, 0.6) is 11.6 Å². The lowest BCUT2D eigenvalue weighted by atomic mass is 10.2. The Hall–Kier alpha value is -2.54. The standard InChI is InChI=1S/C14H11N3O3S/c1-8-3-4-11(17(18)19)12(5-8)20-13-10-6-9(2)21-14(10)16-7-15-13/h3-7H,1-2H3. The predicted octanol–water partition coefficient (Wildman–Crippen LogP) is 4.01. The second kappa shape index (κ2) is 5.10. The first-order chi connectivity index (χ1) is 10.0. The Labute approximate surface area is 124 Å². The van der Waals surface area contributed by atoms with E-state index in [4.69, 9.17) is 4.74 Å². The van der Waals surface area contributed by atoms with Crippen LogP contribution in [0.4, 0.5) is 5.69 Å². The maximum atomic E-state index is 11.1. The molecule has 0 radical (unpaired) electrons. The Bertz CT molecular complexity index is 845. The number of benzene rings is 1. The number of rotatable bonds is 3. The van der Waals surface area contributed by atoms with Crippen molar-refractivity contribution in [1.82, 2.24) is 9.97 Å². The molecular formula is C14H11N3O3S. The number of aryl methyl sites for hydroxylation is 2. The van der Waals surface area contributed by atoms with Crippen LogP contribution in [0.1, 0.15) is 10.4 Å². The fourth-order valence-electron chi connectivity index (χ4n) is 1.99. The highest BCUT2D eigenvalue weighted by Gasteiger charge is 2.18. The van der Waals surface area contributed by atoms with Gasteiger partial charge in [-0.05, 0) is 31.5 Å². The van der Waals surface area contributed by atoms with Gasteiger partial charge in [-0.15, -0.1) is 11.3 Å². The highest BCUT2D eigenvalue weighted by Crippen LogP contribution is 2.35. The molecule has 2 aromatic heterocycles. The van der Waals surface area contributed by atoms with Crippen molar-refractivity contribution in [3.05, 3.63) is 51.1 Å². The maximum absolute atomic E-state index is 11.1. The molecule has 106 valence electrons. The molecule has 3 aromatic rings. The van der Waals surface area contributed by atoms with E-state index in [1.807, 2.05) is 19.9 Å². The van der Waals surface area contributed by atoms with Crippen LogP contribution in [0.2, 0.25) is 0 Å². The smallest absolute Gasteiger partial charge is 0.311 e. The van der Waals surface area contributed by atoms with Gasteiger partial charge in [0.05, 0.1) is 10.3 Å². The second-order valence-corrected chi connectivity index (χ2v) is 5.82. The number of hydrogen-bond acceptors (Lipinski definition) is 6. The zero-order chi connectivity index (χ0) is 15.0. The predicted molar refractivity (Wildman–Crippen MR) is 80.1 cm³/mol. The number of nitrogens with zero attached hydrogens (tertiary/aromatic N) is 3. The minimum atomic E-state index is -0.466. The monoisotopic (exact) mass is 301 g/mol. The summed E-state index contributed by atoms with van der Waals surface area (Å²) in [6, 6.07) is 6.65. The molecule has 2 heterocycles. The molecule has 0 saturated carbocycles. The Morgan fingerprint density at radius 1 is 1.24 bits per heavy atom. The van der Waals surface area contributed by atoms with Crippen molar-refractivity contribution in [3.8, 4) is 11.6 Å². The van der Waals surface area contributed by atoms with Gasteiger partial charge in [0.15, 0.2) is 0 Å². The molecular weight excluding hydrogens is 290 g/mol. The lowest BCUT2D eigenvalue weighted by molar-refractivity contribution is -0.385. The molecule has 0 atom stereocenters. The molecule has 0 saturated heterocycles. The van der Waals surface area contributed by atoms with Crippen molar-refractivity contribution in [2.24, 2.45) is 0 Å². The van der Waals surface area contributed by atoms with Gasteiger partial charge < -0.3 is 4.74 Å². The molecule has 0 amide bonds. The third kappa shape index (κ3) is 2.55. The highest BCUT2D eigenvalue weighted by molar-refractivity contribution is 7.18. The fourth-order valence-corrected chi connectivity index (χ4v) is 2.83. The zero-order valence-corrected chi connectivity index (χ0v) is 12.2. The molecule has 3 rings (SSSR count). The Kier molecular flexibility index (Phi) is 3.26. The van der Waals surface area contributed by atoms with E-state index in [1.165, 1.54) is 23.7 Å². The average molecular weight is 301 g/mol.